The van der Waals surface area contributed by atoms with Crippen molar-refractivity contribution >= 4 is 66.6 Å². The number of carbonyl (C=O) groups excluding carboxylic acids is 1. The summed E-state index contributed by atoms with van der Waals surface area (Å²) in [6.45, 7) is 4.46. The first-order valence-corrected chi connectivity index (χ1v) is 14.4. The molecule has 0 bridgehead atoms. The number of sulfonamides is 1. The van der Waals surface area contributed by atoms with Crippen LogP contribution in [0.15, 0.2) is 47.4 Å². The summed E-state index contributed by atoms with van der Waals surface area (Å²) in [5.41, 5.74) is 1.22. The number of fused-ring (bicyclic) bond motifs is 1. The number of benzene rings is 2. The minimum atomic E-state index is -3.57. The predicted octanol–water partition coefficient (Wildman–Crippen LogP) is 5.39. The molecule has 2 aromatic carbocycles. The van der Waals surface area contributed by atoms with Crippen LogP contribution in [0.3, 0.4) is 0 Å². The van der Waals surface area contributed by atoms with Gasteiger partial charge >= 0.3 is 0 Å². The van der Waals surface area contributed by atoms with Gasteiger partial charge in [0.2, 0.25) is 10.0 Å². The number of nitrogens with zero attached hydrogens (tertiary/aromatic N) is 4. The van der Waals surface area contributed by atoms with Crippen molar-refractivity contribution in [2.75, 3.05) is 45.2 Å². The second-order valence-electron chi connectivity index (χ2n) is 9.36. The number of anilines is 1. The second-order valence-corrected chi connectivity index (χ2v) is 12.7. The third kappa shape index (κ3) is 6.57. The van der Waals surface area contributed by atoms with Gasteiger partial charge in [-0.25, -0.2) is 13.4 Å². The lowest BCUT2D eigenvalue weighted by atomic mass is 10.0. The van der Waals surface area contributed by atoms with Gasteiger partial charge in [0.25, 0.3) is 5.91 Å². The molecule has 1 aliphatic rings. The summed E-state index contributed by atoms with van der Waals surface area (Å²) >= 11 is 7.56. The Morgan fingerprint density at radius 1 is 1.17 bits per heavy atom. The normalized spacial score (nSPS) is 16.8. The third-order valence-electron chi connectivity index (χ3n) is 6.16. The maximum absolute atomic E-state index is 13.6. The Bertz CT molecular complexity index is 1300. The van der Waals surface area contributed by atoms with Crippen molar-refractivity contribution in [3.8, 4) is 0 Å². The number of amides is 1. The van der Waals surface area contributed by atoms with Crippen molar-refractivity contribution in [2.24, 2.45) is 5.92 Å². The Kier molecular flexibility index (Phi) is 9.76. The Balaban J connectivity index is 0.00000361. The lowest BCUT2D eigenvalue weighted by Crippen LogP contribution is -2.39. The van der Waals surface area contributed by atoms with E-state index in [9.17, 15) is 13.2 Å². The minimum Gasteiger partial charge on any atom is -0.309 e. The van der Waals surface area contributed by atoms with Gasteiger partial charge in [0, 0.05) is 30.2 Å². The lowest BCUT2D eigenvalue weighted by molar-refractivity contribution is 0.0986. The molecule has 0 radical (unpaired) electrons. The molecule has 1 unspecified atom stereocenters. The average molecular weight is 572 g/mol. The molecule has 0 N–H and O–H groups in total. The molecule has 3 aromatic rings. The van der Waals surface area contributed by atoms with Gasteiger partial charge in [-0.05, 0) is 88.3 Å². The van der Waals surface area contributed by atoms with Gasteiger partial charge < -0.3 is 4.90 Å². The van der Waals surface area contributed by atoms with E-state index in [-0.39, 0.29) is 23.2 Å². The predicted molar refractivity (Wildman–Crippen MR) is 150 cm³/mol. The molecule has 1 atom stereocenters. The zero-order valence-electron chi connectivity index (χ0n) is 20.7. The summed E-state index contributed by atoms with van der Waals surface area (Å²) in [6, 6.07) is 11.8. The van der Waals surface area contributed by atoms with E-state index in [1.807, 2.05) is 26.2 Å². The number of thiazole rings is 1. The lowest BCUT2D eigenvalue weighted by Gasteiger charge is -2.30. The maximum atomic E-state index is 13.6. The van der Waals surface area contributed by atoms with Crippen LogP contribution in [-0.2, 0) is 10.0 Å². The van der Waals surface area contributed by atoms with Crippen LogP contribution in [0.25, 0.3) is 10.2 Å². The van der Waals surface area contributed by atoms with Crippen LogP contribution in [0.5, 0.6) is 0 Å². The minimum absolute atomic E-state index is 0. The quantitative estimate of drug-likeness (QED) is 0.363. The fourth-order valence-electron chi connectivity index (χ4n) is 4.27. The molecule has 36 heavy (non-hydrogen) atoms. The Morgan fingerprint density at radius 2 is 1.89 bits per heavy atom. The van der Waals surface area contributed by atoms with Gasteiger partial charge in [0.1, 0.15) is 0 Å². The van der Waals surface area contributed by atoms with E-state index in [0.717, 1.165) is 36.0 Å². The molecule has 196 valence electrons. The molecule has 7 nitrogen and oxygen atoms in total. The van der Waals surface area contributed by atoms with Gasteiger partial charge in [-0.15, -0.1) is 12.4 Å². The molecular formula is C25H32Cl2N4O3S2. The van der Waals surface area contributed by atoms with Gasteiger partial charge in [-0.3, -0.25) is 9.69 Å². The Morgan fingerprint density at radius 3 is 2.56 bits per heavy atom. The highest BCUT2D eigenvalue weighted by Gasteiger charge is 2.29. The molecule has 1 fully saturated rings. The van der Waals surface area contributed by atoms with Crippen LogP contribution in [0.1, 0.15) is 36.5 Å². The Hall–Kier alpha value is -1.75. The first-order valence-electron chi connectivity index (χ1n) is 11.8. The molecule has 0 spiro atoms. The van der Waals surface area contributed by atoms with E-state index in [4.69, 9.17) is 11.6 Å². The molecule has 1 saturated heterocycles. The van der Waals surface area contributed by atoms with Crippen molar-refractivity contribution in [1.29, 1.82) is 0 Å². The molecule has 1 amide bonds. The van der Waals surface area contributed by atoms with Gasteiger partial charge in [-0.1, -0.05) is 29.9 Å². The summed E-state index contributed by atoms with van der Waals surface area (Å²) in [4.78, 5) is 22.2. The molecule has 1 aromatic heterocycles. The highest BCUT2D eigenvalue weighted by molar-refractivity contribution is 7.89. The van der Waals surface area contributed by atoms with Crippen LogP contribution in [-0.4, -0.2) is 68.8 Å². The molecule has 11 heteroatoms. The van der Waals surface area contributed by atoms with Gasteiger partial charge in [0.15, 0.2) is 5.13 Å². The smallest absolute Gasteiger partial charge is 0.260 e. The van der Waals surface area contributed by atoms with Crippen molar-refractivity contribution < 1.29 is 13.2 Å². The van der Waals surface area contributed by atoms with Crippen LogP contribution in [0, 0.1) is 5.92 Å². The molecule has 0 aliphatic carbocycles. The first kappa shape index (κ1) is 28.8. The standard InChI is InChI=1S/C25H31ClN4O3S2.ClH/c1-18-6-4-14-29(17-18)35(32,33)21-10-7-19(8-11-21)24(31)30(15-5-13-28(2)3)25-27-22-12-9-20(26)16-23(22)34-25;/h7-12,16,18H,4-6,13-15,17H2,1-3H3;1H. The summed E-state index contributed by atoms with van der Waals surface area (Å²) < 4.78 is 28.7. The molecule has 2 heterocycles. The van der Waals surface area contributed by atoms with Crippen molar-refractivity contribution in [2.45, 2.75) is 31.1 Å². The van der Waals surface area contributed by atoms with Crippen LogP contribution in [0.4, 0.5) is 5.13 Å². The molecule has 0 saturated carbocycles. The number of hydrogen-bond donors (Lipinski definition) is 0. The zero-order chi connectivity index (χ0) is 25.2. The maximum Gasteiger partial charge on any atom is 0.260 e. The van der Waals surface area contributed by atoms with E-state index in [1.165, 1.54) is 23.5 Å². The third-order valence-corrected chi connectivity index (χ3v) is 9.32. The van der Waals surface area contributed by atoms with Gasteiger partial charge in [-0.2, -0.15) is 4.31 Å². The highest BCUT2D eigenvalue weighted by atomic mass is 35.5. The molecular weight excluding hydrogens is 539 g/mol. The number of hydrogen-bond acceptors (Lipinski definition) is 6. The zero-order valence-corrected chi connectivity index (χ0v) is 23.9. The van der Waals surface area contributed by atoms with Crippen LogP contribution in [0.2, 0.25) is 5.02 Å². The summed E-state index contributed by atoms with van der Waals surface area (Å²) in [5.74, 6) is 0.142. The topological polar surface area (TPSA) is 73.8 Å². The van der Waals surface area contributed by atoms with E-state index in [1.54, 1.807) is 27.4 Å². The van der Waals surface area contributed by atoms with E-state index < -0.39 is 10.0 Å². The number of carbonyl (C=O) groups is 1. The highest BCUT2D eigenvalue weighted by Crippen LogP contribution is 2.32. The summed E-state index contributed by atoms with van der Waals surface area (Å²) in [7, 11) is 0.413. The van der Waals surface area contributed by atoms with Crippen LogP contribution >= 0.6 is 35.3 Å². The summed E-state index contributed by atoms with van der Waals surface area (Å²) in [5, 5.41) is 1.23. The number of rotatable bonds is 8. The summed E-state index contributed by atoms with van der Waals surface area (Å²) in [6.07, 6.45) is 2.68. The fraction of sp³-hybridized carbons (Fsp3) is 0.440. The Labute approximate surface area is 228 Å². The SMILES string of the molecule is CC1CCCN(S(=O)(=O)c2ccc(C(=O)N(CCCN(C)C)c3nc4ccc(Cl)cc4s3)cc2)C1.Cl. The monoisotopic (exact) mass is 570 g/mol. The first-order chi connectivity index (χ1) is 16.6. The van der Waals surface area contributed by atoms with E-state index >= 15 is 0 Å². The van der Waals surface area contributed by atoms with E-state index in [2.05, 4.69) is 16.8 Å². The second kappa shape index (κ2) is 12.2. The average Bonchev–Trinajstić information content (AvgIpc) is 3.24. The van der Waals surface area contributed by atoms with Crippen molar-refractivity contribution in [1.82, 2.24) is 14.2 Å². The molecule has 1 aliphatic heterocycles. The van der Waals surface area contributed by atoms with Gasteiger partial charge in [0.05, 0.1) is 15.1 Å². The number of aromatic nitrogens is 1. The largest absolute Gasteiger partial charge is 0.309 e. The number of halogens is 2. The fourth-order valence-corrected chi connectivity index (χ4v) is 7.13. The van der Waals surface area contributed by atoms with Crippen molar-refractivity contribution in [3.63, 3.8) is 0 Å². The molecule has 4 rings (SSSR count). The van der Waals surface area contributed by atoms with Crippen molar-refractivity contribution in [3.05, 3.63) is 53.1 Å². The van der Waals surface area contributed by atoms with Crippen LogP contribution < -0.4 is 4.90 Å². The van der Waals surface area contributed by atoms with E-state index in [0.29, 0.717) is 41.3 Å². The number of piperidine rings is 1.